The van der Waals surface area contributed by atoms with Gasteiger partial charge in [0, 0.05) is 17.9 Å². The number of rotatable bonds is 1. The van der Waals surface area contributed by atoms with Crippen LogP contribution in [0.1, 0.15) is 5.56 Å². The smallest absolute Gasteiger partial charge is 0.269 e. The van der Waals surface area contributed by atoms with Crippen molar-refractivity contribution in [2.45, 2.75) is 10.9 Å². The lowest BCUT2D eigenvalue weighted by Crippen LogP contribution is -2.06. The van der Waals surface area contributed by atoms with Gasteiger partial charge >= 0.3 is 0 Å². The van der Waals surface area contributed by atoms with E-state index in [-0.39, 0.29) is 10.6 Å². The molecule has 0 N–H and O–H groups in total. The van der Waals surface area contributed by atoms with Gasteiger partial charge in [-0.15, -0.1) is 0 Å². The number of nitro groups is 1. The van der Waals surface area contributed by atoms with Crippen molar-refractivity contribution in [1.82, 2.24) is 9.55 Å². The molecule has 4 rings (SSSR count). The molecular formula is C14H9N3O2S. The first-order valence-corrected chi connectivity index (χ1v) is 7.10. The highest BCUT2D eigenvalue weighted by molar-refractivity contribution is 7.98. The van der Waals surface area contributed by atoms with Crippen molar-refractivity contribution in [1.29, 1.82) is 0 Å². The van der Waals surface area contributed by atoms with Gasteiger partial charge in [-0.2, -0.15) is 0 Å². The Balaban J connectivity index is 2.00. The molecule has 1 aromatic heterocycles. The normalized spacial score (nSPS) is 13.0. The highest BCUT2D eigenvalue weighted by atomic mass is 32.2. The molecule has 0 amide bonds. The molecule has 2 aromatic carbocycles. The average molecular weight is 283 g/mol. The molecule has 6 heteroatoms. The highest BCUT2D eigenvalue weighted by Crippen LogP contribution is 2.38. The second-order valence-electron chi connectivity index (χ2n) is 4.58. The van der Waals surface area contributed by atoms with Crippen LogP contribution in [-0.2, 0) is 5.75 Å². The molecule has 0 spiro atoms. The number of para-hydroxylation sites is 2. The summed E-state index contributed by atoms with van der Waals surface area (Å²) >= 11 is 1.61. The standard InChI is InChI=1S/C14H9N3O2S/c18-17(19)10-5-6-12-9(7-10)8-20-14-15-11-3-1-2-4-13(11)16(12)14/h1-7H,8H2. The summed E-state index contributed by atoms with van der Waals surface area (Å²) in [5.41, 5.74) is 4.07. The van der Waals surface area contributed by atoms with E-state index in [1.807, 2.05) is 30.3 Å². The van der Waals surface area contributed by atoms with E-state index in [0.29, 0.717) is 5.75 Å². The summed E-state index contributed by atoms with van der Waals surface area (Å²) in [7, 11) is 0. The van der Waals surface area contributed by atoms with Gasteiger partial charge < -0.3 is 0 Å². The predicted octanol–water partition coefficient (Wildman–Crippen LogP) is 3.54. The monoisotopic (exact) mass is 283 g/mol. The van der Waals surface area contributed by atoms with Crippen LogP contribution in [0.4, 0.5) is 5.69 Å². The molecule has 98 valence electrons. The summed E-state index contributed by atoms with van der Waals surface area (Å²) in [6.07, 6.45) is 0. The van der Waals surface area contributed by atoms with Crippen molar-refractivity contribution in [3.63, 3.8) is 0 Å². The molecule has 5 nitrogen and oxygen atoms in total. The number of hydrogen-bond acceptors (Lipinski definition) is 4. The van der Waals surface area contributed by atoms with Crippen LogP contribution in [0.15, 0.2) is 47.6 Å². The Labute approximate surface area is 118 Å². The van der Waals surface area contributed by atoms with Gasteiger partial charge in [0.2, 0.25) is 0 Å². The molecule has 1 aliphatic heterocycles. The van der Waals surface area contributed by atoms with Crippen molar-refractivity contribution >= 4 is 28.5 Å². The van der Waals surface area contributed by atoms with Gasteiger partial charge in [-0.3, -0.25) is 14.7 Å². The number of nitro benzene ring substituents is 1. The lowest BCUT2D eigenvalue weighted by molar-refractivity contribution is -0.384. The number of nitrogens with zero attached hydrogens (tertiary/aromatic N) is 3. The number of hydrogen-bond donors (Lipinski definition) is 0. The molecule has 1 aliphatic rings. The summed E-state index contributed by atoms with van der Waals surface area (Å²) in [4.78, 5) is 15.1. The zero-order chi connectivity index (χ0) is 13.7. The molecule has 0 atom stereocenters. The fourth-order valence-electron chi connectivity index (χ4n) is 2.50. The van der Waals surface area contributed by atoms with Crippen molar-refractivity contribution < 1.29 is 4.92 Å². The van der Waals surface area contributed by atoms with Crippen LogP contribution < -0.4 is 0 Å². The first-order valence-electron chi connectivity index (χ1n) is 6.12. The number of aromatic nitrogens is 2. The largest absolute Gasteiger partial charge is 0.287 e. The Bertz CT molecular complexity index is 857. The number of benzene rings is 2. The summed E-state index contributed by atoms with van der Waals surface area (Å²) in [5, 5.41) is 11.8. The first kappa shape index (κ1) is 11.5. The van der Waals surface area contributed by atoms with Crippen LogP contribution in [0.2, 0.25) is 0 Å². The molecule has 3 aromatic rings. The maximum absolute atomic E-state index is 10.9. The second kappa shape index (κ2) is 4.08. The minimum atomic E-state index is -0.355. The van der Waals surface area contributed by atoms with Gasteiger partial charge in [0.1, 0.15) is 0 Å². The van der Waals surface area contributed by atoms with Crippen molar-refractivity contribution in [3.05, 3.63) is 58.1 Å². The van der Waals surface area contributed by atoms with E-state index in [9.17, 15) is 10.1 Å². The number of thioether (sulfide) groups is 1. The molecule has 0 unspecified atom stereocenters. The molecule has 0 bridgehead atoms. The third kappa shape index (κ3) is 1.55. The minimum absolute atomic E-state index is 0.136. The van der Waals surface area contributed by atoms with E-state index in [0.717, 1.165) is 27.4 Å². The van der Waals surface area contributed by atoms with Crippen LogP contribution in [-0.4, -0.2) is 14.5 Å². The summed E-state index contributed by atoms with van der Waals surface area (Å²) < 4.78 is 2.07. The van der Waals surface area contributed by atoms with E-state index in [1.165, 1.54) is 0 Å². The molecule has 0 saturated carbocycles. The number of imidazole rings is 1. The lowest BCUT2D eigenvalue weighted by atomic mass is 10.1. The van der Waals surface area contributed by atoms with E-state index in [2.05, 4.69) is 9.55 Å². The Morgan fingerprint density at radius 1 is 1.25 bits per heavy atom. The molecule has 0 fully saturated rings. The Hall–Kier alpha value is -2.34. The van der Waals surface area contributed by atoms with Crippen molar-refractivity contribution in [2.75, 3.05) is 0 Å². The van der Waals surface area contributed by atoms with E-state index in [1.54, 1.807) is 23.9 Å². The van der Waals surface area contributed by atoms with Crippen LogP contribution in [0.3, 0.4) is 0 Å². The third-order valence-electron chi connectivity index (χ3n) is 3.40. The van der Waals surface area contributed by atoms with Gasteiger partial charge in [-0.1, -0.05) is 23.9 Å². The Kier molecular flexibility index (Phi) is 2.34. The maximum Gasteiger partial charge on any atom is 0.269 e. The molecule has 0 radical (unpaired) electrons. The van der Waals surface area contributed by atoms with Crippen LogP contribution in [0.25, 0.3) is 16.7 Å². The molecular weight excluding hydrogens is 274 g/mol. The highest BCUT2D eigenvalue weighted by Gasteiger charge is 2.22. The van der Waals surface area contributed by atoms with Crippen LogP contribution in [0, 0.1) is 10.1 Å². The van der Waals surface area contributed by atoms with Gasteiger partial charge in [0.15, 0.2) is 5.16 Å². The van der Waals surface area contributed by atoms with Gasteiger partial charge in [0.25, 0.3) is 5.69 Å². The topological polar surface area (TPSA) is 61.0 Å². The van der Waals surface area contributed by atoms with E-state index in [4.69, 9.17) is 0 Å². The number of non-ortho nitro benzene ring substituents is 1. The molecule has 0 aliphatic carbocycles. The zero-order valence-corrected chi connectivity index (χ0v) is 11.1. The Morgan fingerprint density at radius 3 is 2.95 bits per heavy atom. The zero-order valence-electron chi connectivity index (χ0n) is 10.3. The molecule has 20 heavy (non-hydrogen) atoms. The molecule has 0 saturated heterocycles. The van der Waals surface area contributed by atoms with Crippen LogP contribution in [0.5, 0.6) is 0 Å². The predicted molar refractivity (Wildman–Crippen MR) is 77.3 cm³/mol. The fourth-order valence-corrected chi connectivity index (χ4v) is 3.50. The lowest BCUT2D eigenvalue weighted by Gasteiger charge is -2.18. The van der Waals surface area contributed by atoms with Crippen molar-refractivity contribution in [3.8, 4) is 5.69 Å². The first-order chi connectivity index (χ1) is 9.74. The fraction of sp³-hybridized carbons (Fsp3) is 0.0714. The van der Waals surface area contributed by atoms with Gasteiger partial charge in [-0.25, -0.2) is 4.98 Å². The third-order valence-corrected chi connectivity index (χ3v) is 4.39. The summed E-state index contributed by atoms with van der Waals surface area (Å²) in [6, 6.07) is 12.9. The maximum atomic E-state index is 10.9. The van der Waals surface area contributed by atoms with Crippen molar-refractivity contribution in [2.24, 2.45) is 0 Å². The second-order valence-corrected chi connectivity index (χ2v) is 5.52. The summed E-state index contributed by atoms with van der Waals surface area (Å²) in [6.45, 7) is 0. The average Bonchev–Trinajstić information content (AvgIpc) is 2.85. The van der Waals surface area contributed by atoms with Crippen LogP contribution >= 0.6 is 11.8 Å². The minimum Gasteiger partial charge on any atom is -0.287 e. The SMILES string of the molecule is O=[N+]([O-])c1ccc2c(c1)CSc1nc3ccccc3n1-2. The quantitative estimate of drug-likeness (QED) is 0.506. The molecule has 2 heterocycles. The number of fused-ring (bicyclic) bond motifs is 5. The Morgan fingerprint density at radius 2 is 2.10 bits per heavy atom. The van der Waals surface area contributed by atoms with Gasteiger partial charge in [-0.05, 0) is 23.8 Å². The summed E-state index contributed by atoms with van der Waals surface area (Å²) in [5.74, 6) is 0.709. The van der Waals surface area contributed by atoms with E-state index < -0.39 is 0 Å². The van der Waals surface area contributed by atoms with Gasteiger partial charge in [0.05, 0.1) is 21.6 Å². The van der Waals surface area contributed by atoms with E-state index >= 15 is 0 Å².